The number of ether oxygens (including phenoxy) is 1. The van der Waals surface area contributed by atoms with Gasteiger partial charge in [-0.15, -0.1) is 0 Å². The van der Waals surface area contributed by atoms with Gasteiger partial charge in [-0.3, -0.25) is 9.59 Å². The second-order valence-electron chi connectivity index (χ2n) is 7.27. The van der Waals surface area contributed by atoms with Gasteiger partial charge in [0.1, 0.15) is 5.75 Å². The Morgan fingerprint density at radius 1 is 1.10 bits per heavy atom. The highest BCUT2D eigenvalue weighted by Gasteiger charge is 2.30. The molecule has 2 aromatic carbocycles. The van der Waals surface area contributed by atoms with Gasteiger partial charge < -0.3 is 15.4 Å². The first-order valence-electron chi connectivity index (χ1n) is 9.94. The third-order valence-corrected chi connectivity index (χ3v) is 4.59. The van der Waals surface area contributed by atoms with E-state index in [9.17, 15) is 22.8 Å². The molecule has 0 saturated heterocycles. The van der Waals surface area contributed by atoms with Crippen molar-refractivity contribution in [2.75, 3.05) is 13.2 Å². The lowest BCUT2D eigenvalue weighted by Gasteiger charge is -2.08. The highest BCUT2D eigenvalue weighted by atomic mass is 19.4. The minimum absolute atomic E-state index is 0.0237. The summed E-state index contributed by atoms with van der Waals surface area (Å²) in [5.41, 5.74) is 0.509. The Kier molecular flexibility index (Phi) is 7.33. The summed E-state index contributed by atoms with van der Waals surface area (Å²) in [6.45, 7) is 0.347. The van der Waals surface area contributed by atoms with Gasteiger partial charge in [-0.05, 0) is 60.7 Å². The average molecular weight is 432 g/mol. The zero-order valence-corrected chi connectivity index (χ0v) is 16.7. The zero-order valence-electron chi connectivity index (χ0n) is 16.7. The molecule has 2 N–H and O–H groups in total. The van der Waals surface area contributed by atoms with Crippen molar-refractivity contribution in [1.82, 2.24) is 10.6 Å². The van der Waals surface area contributed by atoms with Crippen molar-refractivity contribution >= 4 is 17.9 Å². The highest BCUT2D eigenvalue weighted by molar-refractivity contribution is 5.91. The maximum absolute atomic E-state index is 12.7. The number of halogens is 3. The molecule has 2 amide bonds. The summed E-state index contributed by atoms with van der Waals surface area (Å²) < 4.78 is 43.6. The van der Waals surface area contributed by atoms with E-state index in [1.54, 1.807) is 12.1 Å². The van der Waals surface area contributed by atoms with Crippen molar-refractivity contribution in [3.63, 3.8) is 0 Å². The number of hydrogen-bond acceptors (Lipinski definition) is 3. The molecule has 31 heavy (non-hydrogen) atoms. The topological polar surface area (TPSA) is 67.4 Å². The Labute approximate surface area is 178 Å². The van der Waals surface area contributed by atoms with Crippen molar-refractivity contribution in [2.45, 2.75) is 31.5 Å². The van der Waals surface area contributed by atoms with Crippen LogP contribution in [0.25, 0.3) is 6.08 Å². The molecule has 3 rings (SSSR count). The molecule has 0 atom stereocenters. The fraction of sp³-hybridized carbons (Fsp3) is 0.304. The van der Waals surface area contributed by atoms with E-state index < -0.39 is 11.7 Å². The van der Waals surface area contributed by atoms with E-state index >= 15 is 0 Å². The van der Waals surface area contributed by atoms with Gasteiger partial charge in [0, 0.05) is 18.7 Å². The van der Waals surface area contributed by atoms with Gasteiger partial charge >= 0.3 is 6.18 Å². The molecule has 0 spiro atoms. The number of alkyl halides is 3. The van der Waals surface area contributed by atoms with Crippen LogP contribution in [0.15, 0.2) is 54.6 Å². The maximum Gasteiger partial charge on any atom is 0.416 e. The lowest BCUT2D eigenvalue weighted by molar-refractivity contribution is -0.137. The largest absolute Gasteiger partial charge is 0.484 e. The van der Waals surface area contributed by atoms with Gasteiger partial charge in [-0.2, -0.15) is 13.2 Å². The van der Waals surface area contributed by atoms with E-state index in [0.717, 1.165) is 30.5 Å². The minimum atomic E-state index is -4.42. The highest BCUT2D eigenvalue weighted by Crippen LogP contribution is 2.29. The summed E-state index contributed by atoms with van der Waals surface area (Å²) in [4.78, 5) is 23.5. The smallest absolute Gasteiger partial charge is 0.416 e. The van der Waals surface area contributed by atoms with Crippen molar-refractivity contribution < 1.29 is 27.5 Å². The zero-order chi connectivity index (χ0) is 22.3. The van der Waals surface area contributed by atoms with Crippen LogP contribution < -0.4 is 15.4 Å². The summed E-state index contributed by atoms with van der Waals surface area (Å²) in [6.07, 6.45) is 0.756. The fourth-order valence-corrected chi connectivity index (χ4v) is 2.78. The Bertz CT molecular complexity index is 936. The van der Waals surface area contributed by atoms with Crippen molar-refractivity contribution in [2.24, 2.45) is 0 Å². The molecule has 8 heteroatoms. The van der Waals surface area contributed by atoms with E-state index in [0.29, 0.717) is 30.3 Å². The number of carbonyl (C=O) groups is 2. The van der Waals surface area contributed by atoms with Gasteiger partial charge in [0.2, 0.25) is 5.91 Å². The monoisotopic (exact) mass is 432 g/mol. The molecule has 2 aromatic rings. The SMILES string of the molecule is O=C(/C=C/c1cccc(C(F)(F)F)c1)NCCc1ccc(OCC(=O)NC2CC2)cc1. The van der Waals surface area contributed by atoms with Crippen LogP contribution in [0.3, 0.4) is 0 Å². The maximum atomic E-state index is 12.7. The number of rotatable bonds is 9. The Morgan fingerprint density at radius 3 is 2.52 bits per heavy atom. The fourth-order valence-electron chi connectivity index (χ4n) is 2.78. The van der Waals surface area contributed by atoms with Crippen LogP contribution in [0.5, 0.6) is 5.75 Å². The van der Waals surface area contributed by atoms with Crippen LogP contribution in [0, 0.1) is 0 Å². The molecule has 5 nitrogen and oxygen atoms in total. The predicted octanol–water partition coefficient (Wildman–Crippen LogP) is 3.73. The lowest BCUT2D eigenvalue weighted by Crippen LogP contribution is -2.30. The molecular weight excluding hydrogens is 409 g/mol. The van der Waals surface area contributed by atoms with Crippen LogP contribution in [-0.4, -0.2) is 31.0 Å². The van der Waals surface area contributed by atoms with Crippen LogP contribution in [-0.2, 0) is 22.2 Å². The standard InChI is InChI=1S/C23H23F3N2O3/c24-23(25,26)18-3-1-2-17(14-18)6-11-21(29)27-13-12-16-4-9-20(10-5-16)31-15-22(30)28-19-7-8-19/h1-6,9-11,14,19H,7-8,12-13,15H2,(H,27,29)(H,28,30)/b11-6+. The van der Waals surface area contributed by atoms with Crippen molar-refractivity contribution in [3.05, 3.63) is 71.3 Å². The van der Waals surface area contributed by atoms with Crippen molar-refractivity contribution in [3.8, 4) is 5.75 Å². The summed E-state index contributed by atoms with van der Waals surface area (Å²) in [7, 11) is 0. The van der Waals surface area contributed by atoms with Crippen molar-refractivity contribution in [1.29, 1.82) is 0 Å². The van der Waals surface area contributed by atoms with Crippen LogP contribution in [0.1, 0.15) is 29.5 Å². The molecule has 0 aromatic heterocycles. The van der Waals surface area contributed by atoms with E-state index in [4.69, 9.17) is 4.74 Å². The molecule has 1 aliphatic rings. The Balaban J connectivity index is 1.39. The Morgan fingerprint density at radius 2 is 1.84 bits per heavy atom. The summed E-state index contributed by atoms with van der Waals surface area (Å²) in [5, 5.41) is 5.54. The predicted molar refractivity (Wildman–Crippen MR) is 110 cm³/mol. The molecule has 0 radical (unpaired) electrons. The quantitative estimate of drug-likeness (QED) is 0.594. The summed E-state index contributed by atoms with van der Waals surface area (Å²) in [5.74, 6) is 0.0641. The van der Waals surface area contributed by atoms with E-state index in [1.165, 1.54) is 24.3 Å². The minimum Gasteiger partial charge on any atom is -0.484 e. The van der Waals surface area contributed by atoms with Crippen LogP contribution in [0.2, 0.25) is 0 Å². The molecule has 1 aliphatic carbocycles. The number of carbonyl (C=O) groups excluding carboxylic acids is 2. The lowest BCUT2D eigenvalue weighted by atomic mass is 10.1. The molecule has 0 aliphatic heterocycles. The number of nitrogens with one attached hydrogen (secondary N) is 2. The molecule has 0 unspecified atom stereocenters. The van der Waals surface area contributed by atoms with E-state index in [2.05, 4.69) is 10.6 Å². The molecule has 1 saturated carbocycles. The molecule has 164 valence electrons. The molecular formula is C23H23F3N2O3. The molecule has 0 heterocycles. The number of benzene rings is 2. The van der Waals surface area contributed by atoms with E-state index in [1.807, 2.05) is 12.1 Å². The average Bonchev–Trinajstić information content (AvgIpc) is 3.55. The first kappa shape index (κ1) is 22.4. The normalized spacial score (nSPS) is 13.8. The third-order valence-electron chi connectivity index (χ3n) is 4.59. The third kappa shape index (κ3) is 7.81. The Hall–Kier alpha value is -3.29. The van der Waals surface area contributed by atoms with Gasteiger partial charge in [0.15, 0.2) is 6.61 Å². The first-order valence-corrected chi connectivity index (χ1v) is 9.94. The van der Waals surface area contributed by atoms with E-state index in [-0.39, 0.29) is 18.4 Å². The van der Waals surface area contributed by atoms with Crippen LogP contribution in [0.4, 0.5) is 13.2 Å². The number of hydrogen-bond donors (Lipinski definition) is 2. The second kappa shape index (κ2) is 10.1. The van der Waals surface area contributed by atoms with Crippen LogP contribution >= 0.6 is 0 Å². The summed E-state index contributed by atoms with van der Waals surface area (Å²) >= 11 is 0. The van der Waals surface area contributed by atoms with Gasteiger partial charge in [-0.25, -0.2) is 0 Å². The second-order valence-corrected chi connectivity index (χ2v) is 7.27. The molecule has 1 fully saturated rings. The summed E-state index contributed by atoms with van der Waals surface area (Å²) in [6, 6.07) is 12.3. The molecule has 0 bridgehead atoms. The van der Waals surface area contributed by atoms with Gasteiger partial charge in [-0.1, -0.05) is 24.3 Å². The van der Waals surface area contributed by atoms with Gasteiger partial charge in [0.25, 0.3) is 5.91 Å². The number of amides is 2. The van der Waals surface area contributed by atoms with Gasteiger partial charge in [0.05, 0.1) is 5.56 Å². The first-order chi connectivity index (χ1) is 14.8.